The molecule has 0 bridgehead atoms. The Morgan fingerprint density at radius 2 is 2.11 bits per heavy atom. The Hall–Kier alpha value is -2.08. The van der Waals surface area contributed by atoms with Crippen molar-refractivity contribution in [2.24, 2.45) is 7.05 Å². The van der Waals surface area contributed by atoms with Gasteiger partial charge in [0.05, 0.1) is 16.5 Å². The van der Waals surface area contributed by atoms with E-state index in [1.165, 1.54) is 21.3 Å². The molecular weight excluding hydrogens is 258 g/mol. The predicted octanol–water partition coefficient (Wildman–Crippen LogP) is 1.80. The minimum atomic E-state index is -0.510. The topological polar surface area (TPSA) is 70.1 Å². The van der Waals surface area contributed by atoms with Crippen LogP contribution in [0.2, 0.25) is 5.02 Å². The largest absolute Gasteiger partial charge is 0.328 e. The highest BCUT2D eigenvalue weighted by Gasteiger charge is 2.10. The number of hydrogen-bond acceptors (Lipinski definition) is 3. The third kappa shape index (κ3) is 2.28. The number of aryl methyl sites for hydroxylation is 1. The molecule has 2 aromatic rings. The maximum Gasteiger partial charge on any atom is 0.328 e. The Morgan fingerprint density at radius 1 is 1.39 bits per heavy atom. The van der Waals surface area contributed by atoms with Gasteiger partial charge in [0, 0.05) is 31.6 Å². The van der Waals surface area contributed by atoms with Crippen molar-refractivity contribution in [1.82, 2.24) is 9.13 Å². The van der Waals surface area contributed by atoms with Crippen molar-refractivity contribution in [2.75, 3.05) is 0 Å². The highest BCUT2D eigenvalue weighted by Crippen LogP contribution is 2.22. The summed E-state index contributed by atoms with van der Waals surface area (Å²) in [5.41, 5.74) is 0.434. The molecule has 7 heteroatoms. The van der Waals surface area contributed by atoms with Crippen LogP contribution in [0, 0.1) is 10.1 Å². The predicted molar refractivity (Wildman–Crippen MR) is 66.9 cm³/mol. The summed E-state index contributed by atoms with van der Waals surface area (Å²) in [6.07, 6.45) is 3.28. The number of nitrogens with zero attached hydrogens (tertiary/aromatic N) is 3. The summed E-state index contributed by atoms with van der Waals surface area (Å²) in [4.78, 5) is 21.7. The van der Waals surface area contributed by atoms with E-state index < -0.39 is 4.92 Å². The van der Waals surface area contributed by atoms with E-state index >= 15 is 0 Å². The average molecular weight is 268 g/mol. The number of aromatic nitrogens is 2. The summed E-state index contributed by atoms with van der Waals surface area (Å²) in [5.74, 6) is 0. The van der Waals surface area contributed by atoms with E-state index in [-0.39, 0.29) is 22.9 Å². The molecule has 2 rings (SSSR count). The van der Waals surface area contributed by atoms with E-state index in [4.69, 9.17) is 11.6 Å². The maximum absolute atomic E-state index is 11.6. The molecule has 0 aliphatic carbocycles. The molecule has 0 spiro atoms. The number of nitro benzene ring substituents is 1. The molecule has 0 amide bonds. The van der Waals surface area contributed by atoms with Crippen LogP contribution in [-0.2, 0) is 13.6 Å². The molecule has 0 unspecified atom stereocenters. The summed E-state index contributed by atoms with van der Waals surface area (Å²) in [7, 11) is 1.65. The van der Waals surface area contributed by atoms with Crippen molar-refractivity contribution in [3.05, 3.63) is 61.8 Å². The van der Waals surface area contributed by atoms with E-state index in [2.05, 4.69) is 0 Å². The molecular formula is C11H10ClN3O3. The summed E-state index contributed by atoms with van der Waals surface area (Å²) in [5, 5.41) is 10.8. The van der Waals surface area contributed by atoms with Gasteiger partial charge in [-0.2, -0.15) is 0 Å². The molecule has 1 aromatic carbocycles. The van der Waals surface area contributed by atoms with Gasteiger partial charge in [-0.1, -0.05) is 11.6 Å². The van der Waals surface area contributed by atoms with Gasteiger partial charge in [0.1, 0.15) is 0 Å². The highest BCUT2D eigenvalue weighted by atomic mass is 35.5. The first-order chi connectivity index (χ1) is 8.49. The molecule has 1 aromatic heterocycles. The smallest absolute Gasteiger partial charge is 0.302 e. The third-order valence-electron chi connectivity index (χ3n) is 2.61. The van der Waals surface area contributed by atoms with Gasteiger partial charge in [0.2, 0.25) is 0 Å². The zero-order valence-electron chi connectivity index (χ0n) is 9.54. The summed E-state index contributed by atoms with van der Waals surface area (Å²) in [6, 6.07) is 4.21. The van der Waals surface area contributed by atoms with Crippen LogP contribution in [-0.4, -0.2) is 14.1 Å². The molecule has 18 heavy (non-hydrogen) atoms. The molecule has 0 aliphatic rings. The number of non-ortho nitro benzene ring substituents is 1. The second kappa shape index (κ2) is 4.66. The van der Waals surface area contributed by atoms with Crippen LogP contribution in [0.5, 0.6) is 0 Å². The quantitative estimate of drug-likeness (QED) is 0.629. The minimum Gasteiger partial charge on any atom is -0.302 e. The lowest BCUT2D eigenvalue weighted by atomic mass is 10.2. The zero-order valence-corrected chi connectivity index (χ0v) is 10.3. The van der Waals surface area contributed by atoms with Gasteiger partial charge < -0.3 is 4.57 Å². The van der Waals surface area contributed by atoms with Crippen LogP contribution in [0.1, 0.15) is 5.56 Å². The van der Waals surface area contributed by atoms with Gasteiger partial charge >= 0.3 is 5.69 Å². The van der Waals surface area contributed by atoms with E-state index in [0.29, 0.717) is 5.56 Å². The van der Waals surface area contributed by atoms with Crippen LogP contribution >= 0.6 is 11.6 Å². The van der Waals surface area contributed by atoms with E-state index in [1.807, 2.05) is 0 Å². The average Bonchev–Trinajstić information content (AvgIpc) is 2.63. The van der Waals surface area contributed by atoms with Crippen molar-refractivity contribution >= 4 is 17.3 Å². The Bertz CT molecular complexity index is 660. The molecule has 0 saturated heterocycles. The molecule has 0 atom stereocenters. The molecule has 0 aliphatic heterocycles. The number of nitro groups is 1. The fourth-order valence-corrected chi connectivity index (χ4v) is 1.83. The SMILES string of the molecule is Cn1ccn(Cc2ccc([N+](=O)[O-])cc2Cl)c1=O. The van der Waals surface area contributed by atoms with Gasteiger partial charge in [-0.05, 0) is 11.6 Å². The minimum absolute atomic E-state index is 0.0656. The molecule has 1 heterocycles. The number of hydrogen-bond donors (Lipinski definition) is 0. The monoisotopic (exact) mass is 267 g/mol. The molecule has 0 saturated carbocycles. The maximum atomic E-state index is 11.6. The fourth-order valence-electron chi connectivity index (χ4n) is 1.59. The van der Waals surface area contributed by atoms with Crippen molar-refractivity contribution in [2.45, 2.75) is 6.54 Å². The van der Waals surface area contributed by atoms with Gasteiger partial charge in [-0.15, -0.1) is 0 Å². The summed E-state index contributed by atoms with van der Waals surface area (Å²) >= 11 is 5.96. The van der Waals surface area contributed by atoms with E-state index in [1.54, 1.807) is 25.5 Å². The number of halogens is 1. The third-order valence-corrected chi connectivity index (χ3v) is 2.96. The zero-order chi connectivity index (χ0) is 13.3. The lowest BCUT2D eigenvalue weighted by Gasteiger charge is -2.04. The molecule has 0 radical (unpaired) electrons. The summed E-state index contributed by atoms with van der Waals surface area (Å²) in [6.45, 7) is 0.288. The van der Waals surface area contributed by atoms with Crippen LogP contribution < -0.4 is 5.69 Å². The van der Waals surface area contributed by atoms with Crippen LogP contribution in [0.4, 0.5) is 5.69 Å². The fraction of sp³-hybridized carbons (Fsp3) is 0.182. The van der Waals surface area contributed by atoms with E-state index in [9.17, 15) is 14.9 Å². The standard InChI is InChI=1S/C11H10ClN3O3/c1-13-4-5-14(11(13)16)7-8-2-3-9(15(17)18)6-10(8)12/h2-6H,7H2,1H3. The van der Waals surface area contributed by atoms with Crippen LogP contribution in [0.3, 0.4) is 0 Å². The normalized spacial score (nSPS) is 10.6. The number of benzene rings is 1. The van der Waals surface area contributed by atoms with Gasteiger partial charge in [-0.25, -0.2) is 4.79 Å². The molecule has 94 valence electrons. The highest BCUT2D eigenvalue weighted by molar-refractivity contribution is 6.31. The lowest BCUT2D eigenvalue weighted by Crippen LogP contribution is -2.22. The van der Waals surface area contributed by atoms with Gasteiger partial charge in [0.25, 0.3) is 5.69 Å². The van der Waals surface area contributed by atoms with Crippen LogP contribution in [0.25, 0.3) is 0 Å². The van der Waals surface area contributed by atoms with Gasteiger partial charge in [0.15, 0.2) is 0 Å². The van der Waals surface area contributed by atoms with Crippen molar-refractivity contribution in [1.29, 1.82) is 0 Å². The Morgan fingerprint density at radius 3 is 2.61 bits per heavy atom. The second-order valence-corrected chi connectivity index (χ2v) is 4.26. The lowest BCUT2D eigenvalue weighted by molar-refractivity contribution is -0.384. The van der Waals surface area contributed by atoms with Crippen LogP contribution in [0.15, 0.2) is 35.4 Å². The molecule has 0 N–H and O–H groups in total. The Balaban J connectivity index is 2.33. The number of rotatable bonds is 3. The van der Waals surface area contributed by atoms with Crippen molar-refractivity contribution < 1.29 is 4.92 Å². The first-order valence-electron chi connectivity index (χ1n) is 5.13. The number of imidazole rings is 1. The second-order valence-electron chi connectivity index (χ2n) is 3.85. The van der Waals surface area contributed by atoms with Gasteiger partial charge in [-0.3, -0.25) is 14.7 Å². The molecule has 6 nitrogen and oxygen atoms in total. The van der Waals surface area contributed by atoms with Crippen molar-refractivity contribution in [3.8, 4) is 0 Å². The summed E-state index contributed by atoms with van der Waals surface area (Å²) < 4.78 is 2.92. The molecule has 0 fully saturated rings. The Kier molecular flexibility index (Phi) is 3.20. The van der Waals surface area contributed by atoms with Crippen molar-refractivity contribution in [3.63, 3.8) is 0 Å². The first-order valence-corrected chi connectivity index (χ1v) is 5.51. The first kappa shape index (κ1) is 12.4. The van der Waals surface area contributed by atoms with E-state index in [0.717, 1.165) is 0 Å². The Labute approximate surface area is 107 Å².